The van der Waals surface area contributed by atoms with E-state index in [0.29, 0.717) is 17.9 Å². The molecule has 34 heavy (non-hydrogen) atoms. The lowest BCUT2D eigenvalue weighted by Crippen LogP contribution is -2.63. The Morgan fingerprint density at radius 1 is 1.03 bits per heavy atom. The van der Waals surface area contributed by atoms with Gasteiger partial charge in [0, 0.05) is 38.3 Å². The van der Waals surface area contributed by atoms with E-state index < -0.39 is 27.4 Å². The van der Waals surface area contributed by atoms with Gasteiger partial charge in [-0.1, -0.05) is 29.8 Å². The number of carboxylic acid groups (broad SMARTS) is 1. The molecule has 1 aliphatic heterocycles. The van der Waals surface area contributed by atoms with Gasteiger partial charge < -0.3 is 15.2 Å². The number of nitrogens with one attached hydrogen (secondary N) is 1. The van der Waals surface area contributed by atoms with E-state index in [2.05, 4.69) is 5.32 Å². The molecule has 9 nitrogen and oxygen atoms in total. The SMILES string of the molecule is Cc1ccc(COc2ccc(C(=O)NC[C@@](C)(C(=O)O)N3CCN(S(C)(=O)=O)CC3)cc2)cc1. The zero-order chi connectivity index (χ0) is 24.9. The molecular formula is C24H31N3O6S. The number of hydrogen-bond donors (Lipinski definition) is 2. The third-order valence-corrected chi connectivity index (χ3v) is 7.41. The summed E-state index contributed by atoms with van der Waals surface area (Å²) in [6.07, 6.45) is 1.14. The molecule has 0 unspecified atom stereocenters. The summed E-state index contributed by atoms with van der Waals surface area (Å²) in [7, 11) is -3.32. The van der Waals surface area contributed by atoms with Crippen molar-refractivity contribution < 1.29 is 27.9 Å². The molecule has 1 saturated heterocycles. The largest absolute Gasteiger partial charge is 0.489 e. The van der Waals surface area contributed by atoms with Crippen LogP contribution in [0.25, 0.3) is 0 Å². The normalized spacial score (nSPS) is 17.0. The number of rotatable bonds is 9. The van der Waals surface area contributed by atoms with Crippen molar-refractivity contribution in [3.05, 3.63) is 65.2 Å². The molecular weight excluding hydrogens is 458 g/mol. The summed E-state index contributed by atoms with van der Waals surface area (Å²) in [6, 6.07) is 14.7. The quantitative estimate of drug-likeness (QED) is 0.551. The monoisotopic (exact) mass is 489 g/mol. The van der Waals surface area contributed by atoms with E-state index in [1.807, 2.05) is 31.2 Å². The molecule has 0 radical (unpaired) electrons. The van der Waals surface area contributed by atoms with Crippen molar-refractivity contribution >= 4 is 21.9 Å². The van der Waals surface area contributed by atoms with E-state index in [4.69, 9.17) is 4.74 Å². The van der Waals surface area contributed by atoms with Gasteiger partial charge in [0.15, 0.2) is 0 Å². The Balaban J connectivity index is 1.56. The van der Waals surface area contributed by atoms with Crippen LogP contribution in [0, 0.1) is 6.92 Å². The Bertz CT molecular complexity index is 1110. The Morgan fingerprint density at radius 2 is 1.62 bits per heavy atom. The van der Waals surface area contributed by atoms with Crippen molar-refractivity contribution in [1.29, 1.82) is 0 Å². The Morgan fingerprint density at radius 3 is 2.15 bits per heavy atom. The van der Waals surface area contributed by atoms with E-state index in [9.17, 15) is 23.1 Å². The fourth-order valence-corrected chi connectivity index (χ4v) is 4.57. The van der Waals surface area contributed by atoms with Crippen LogP contribution in [-0.2, 0) is 21.4 Å². The first-order chi connectivity index (χ1) is 16.0. The molecule has 1 atom stereocenters. The zero-order valence-electron chi connectivity index (χ0n) is 19.7. The Kier molecular flexibility index (Phi) is 7.96. The standard InChI is InChI=1S/C24H31N3O6S/c1-18-4-6-19(7-5-18)16-33-21-10-8-20(9-11-21)22(28)25-17-24(2,23(29)30)26-12-14-27(15-13-26)34(3,31)32/h4-11H,12-17H2,1-3H3,(H,25,28)(H,29,30)/t24-/m0/s1. The van der Waals surface area contributed by atoms with Gasteiger partial charge in [-0.25, -0.2) is 8.42 Å². The predicted octanol–water partition coefficient (Wildman–Crippen LogP) is 1.72. The van der Waals surface area contributed by atoms with Gasteiger partial charge in [0.2, 0.25) is 10.0 Å². The summed E-state index contributed by atoms with van der Waals surface area (Å²) in [6.45, 7) is 4.79. The molecule has 2 aromatic rings. The zero-order valence-corrected chi connectivity index (χ0v) is 20.5. The highest BCUT2D eigenvalue weighted by atomic mass is 32.2. The fourth-order valence-electron chi connectivity index (χ4n) is 3.74. The van der Waals surface area contributed by atoms with Gasteiger partial charge in [-0.15, -0.1) is 0 Å². The van der Waals surface area contributed by atoms with Crippen molar-refractivity contribution in [2.45, 2.75) is 26.0 Å². The van der Waals surface area contributed by atoms with Gasteiger partial charge in [-0.05, 0) is 43.7 Å². The minimum atomic E-state index is -3.32. The molecule has 1 amide bonds. The number of benzene rings is 2. The van der Waals surface area contributed by atoms with Gasteiger partial charge in [0.05, 0.1) is 6.26 Å². The van der Waals surface area contributed by atoms with E-state index in [0.717, 1.165) is 11.8 Å². The number of piperazine rings is 1. The van der Waals surface area contributed by atoms with E-state index in [1.54, 1.807) is 29.2 Å². The number of carboxylic acids is 1. The molecule has 0 saturated carbocycles. The molecule has 10 heteroatoms. The molecule has 1 heterocycles. The fraction of sp³-hybridized carbons (Fsp3) is 0.417. The summed E-state index contributed by atoms with van der Waals surface area (Å²) in [4.78, 5) is 26.4. The highest BCUT2D eigenvalue weighted by molar-refractivity contribution is 7.88. The molecule has 184 valence electrons. The van der Waals surface area contributed by atoms with E-state index in [-0.39, 0.29) is 32.7 Å². The molecule has 1 aliphatic rings. The van der Waals surface area contributed by atoms with E-state index in [1.165, 1.54) is 16.8 Å². The van der Waals surface area contributed by atoms with Gasteiger partial charge in [-0.2, -0.15) is 4.31 Å². The number of aryl methyl sites for hydroxylation is 1. The number of carbonyl (C=O) groups is 2. The third-order valence-electron chi connectivity index (χ3n) is 6.10. The van der Waals surface area contributed by atoms with E-state index >= 15 is 0 Å². The second-order valence-corrected chi connectivity index (χ2v) is 10.7. The summed E-state index contributed by atoms with van der Waals surface area (Å²) < 4.78 is 30.5. The predicted molar refractivity (Wildman–Crippen MR) is 128 cm³/mol. The lowest BCUT2D eigenvalue weighted by atomic mass is 9.98. The Hall–Kier alpha value is -2.95. The minimum Gasteiger partial charge on any atom is -0.489 e. The highest BCUT2D eigenvalue weighted by Crippen LogP contribution is 2.20. The van der Waals surface area contributed by atoms with Crippen molar-refractivity contribution in [2.75, 3.05) is 39.0 Å². The molecule has 2 aromatic carbocycles. The number of ether oxygens (including phenoxy) is 1. The minimum absolute atomic E-state index is 0.119. The maximum atomic E-state index is 12.7. The van der Waals surface area contributed by atoms with Gasteiger partial charge in [-0.3, -0.25) is 14.5 Å². The lowest BCUT2D eigenvalue weighted by Gasteiger charge is -2.42. The topological polar surface area (TPSA) is 116 Å². The number of amides is 1. The third kappa shape index (κ3) is 6.34. The smallest absolute Gasteiger partial charge is 0.325 e. The average Bonchev–Trinajstić information content (AvgIpc) is 2.81. The van der Waals surface area contributed by atoms with Crippen molar-refractivity contribution in [1.82, 2.24) is 14.5 Å². The van der Waals surface area contributed by atoms with Crippen molar-refractivity contribution in [3.8, 4) is 5.75 Å². The number of hydrogen-bond acceptors (Lipinski definition) is 6. The Labute approximate surface area is 200 Å². The summed E-state index contributed by atoms with van der Waals surface area (Å²) in [5.41, 5.74) is 1.24. The van der Waals surface area contributed by atoms with Crippen molar-refractivity contribution in [2.24, 2.45) is 0 Å². The first-order valence-electron chi connectivity index (χ1n) is 11.0. The second kappa shape index (κ2) is 10.5. The lowest BCUT2D eigenvalue weighted by molar-refractivity contribution is -0.151. The molecule has 3 rings (SSSR count). The van der Waals surface area contributed by atoms with Crippen LogP contribution >= 0.6 is 0 Å². The van der Waals surface area contributed by atoms with Crippen LogP contribution in [0.2, 0.25) is 0 Å². The van der Waals surface area contributed by atoms with Gasteiger partial charge >= 0.3 is 5.97 Å². The first kappa shape index (κ1) is 25.7. The average molecular weight is 490 g/mol. The van der Waals surface area contributed by atoms with Crippen LogP contribution in [0.1, 0.15) is 28.4 Å². The van der Waals surface area contributed by atoms with Crippen LogP contribution < -0.4 is 10.1 Å². The maximum Gasteiger partial charge on any atom is 0.325 e. The molecule has 1 fully saturated rings. The van der Waals surface area contributed by atoms with Crippen LogP contribution in [0.4, 0.5) is 0 Å². The molecule has 0 spiro atoms. The number of carbonyl (C=O) groups excluding carboxylic acids is 1. The second-order valence-electron chi connectivity index (χ2n) is 8.71. The molecule has 0 aliphatic carbocycles. The number of aliphatic carboxylic acids is 1. The van der Waals surface area contributed by atoms with Gasteiger partial charge in [0.25, 0.3) is 5.91 Å². The number of sulfonamides is 1. The molecule has 2 N–H and O–H groups in total. The maximum absolute atomic E-state index is 12.7. The van der Waals surface area contributed by atoms with Crippen LogP contribution in [0.15, 0.2) is 48.5 Å². The van der Waals surface area contributed by atoms with Crippen LogP contribution in [-0.4, -0.2) is 79.1 Å². The van der Waals surface area contributed by atoms with Crippen molar-refractivity contribution in [3.63, 3.8) is 0 Å². The molecule has 0 aromatic heterocycles. The number of nitrogens with zero attached hydrogens (tertiary/aromatic N) is 2. The summed E-state index contributed by atoms with van der Waals surface area (Å²) in [5.74, 6) is -0.857. The molecule has 0 bridgehead atoms. The first-order valence-corrected chi connectivity index (χ1v) is 12.8. The summed E-state index contributed by atoms with van der Waals surface area (Å²) in [5, 5.41) is 12.6. The van der Waals surface area contributed by atoms with Gasteiger partial charge in [0.1, 0.15) is 17.9 Å². The highest BCUT2D eigenvalue weighted by Gasteiger charge is 2.42. The van der Waals surface area contributed by atoms with Crippen LogP contribution in [0.5, 0.6) is 5.75 Å². The van der Waals surface area contributed by atoms with Crippen LogP contribution in [0.3, 0.4) is 0 Å². The summed E-state index contributed by atoms with van der Waals surface area (Å²) >= 11 is 0.